The van der Waals surface area contributed by atoms with Gasteiger partial charge in [-0.3, -0.25) is 9.88 Å². The van der Waals surface area contributed by atoms with E-state index >= 15 is 0 Å². The van der Waals surface area contributed by atoms with E-state index in [1.165, 1.54) is 24.1 Å². The van der Waals surface area contributed by atoms with Crippen molar-refractivity contribution in [1.29, 1.82) is 0 Å². The number of hydrogen-bond acceptors (Lipinski definition) is 4. The van der Waals surface area contributed by atoms with Crippen LogP contribution in [0.3, 0.4) is 0 Å². The number of hydrogen-bond donors (Lipinski definition) is 0. The number of ether oxygens (including phenoxy) is 1. The molecule has 5 nitrogen and oxygen atoms in total. The molecule has 0 bridgehead atoms. The molecule has 0 N–H and O–H groups in total. The molecule has 3 heterocycles. The smallest absolute Gasteiger partial charge is 0.0953 e. The quantitative estimate of drug-likeness (QED) is 0.822. The number of aromatic nitrogens is 3. The van der Waals surface area contributed by atoms with Gasteiger partial charge >= 0.3 is 0 Å². The third-order valence-corrected chi connectivity index (χ3v) is 4.72. The monoisotopic (exact) mass is 312 g/mol. The number of pyridine rings is 1. The Balaban J connectivity index is 1.42. The zero-order chi connectivity index (χ0) is 15.5. The van der Waals surface area contributed by atoms with E-state index in [9.17, 15) is 0 Å². The molecule has 1 saturated carbocycles. The normalized spacial score (nSPS) is 18.6. The van der Waals surface area contributed by atoms with Gasteiger partial charge in [-0.25, -0.2) is 4.98 Å². The van der Waals surface area contributed by atoms with Crippen molar-refractivity contribution in [3.63, 3.8) is 0 Å². The van der Waals surface area contributed by atoms with Crippen molar-refractivity contribution in [3.05, 3.63) is 47.8 Å². The van der Waals surface area contributed by atoms with E-state index in [1.807, 2.05) is 18.7 Å². The second-order valence-corrected chi connectivity index (χ2v) is 6.71. The van der Waals surface area contributed by atoms with Crippen LogP contribution in [0.2, 0.25) is 0 Å². The largest absolute Gasteiger partial charge is 0.375 e. The molecule has 0 spiro atoms. The van der Waals surface area contributed by atoms with Crippen molar-refractivity contribution in [2.45, 2.75) is 45.5 Å². The summed E-state index contributed by atoms with van der Waals surface area (Å²) in [4.78, 5) is 11.2. The molecule has 2 aromatic heterocycles. The Labute approximate surface area is 137 Å². The van der Waals surface area contributed by atoms with Gasteiger partial charge in [0.05, 0.1) is 24.3 Å². The molecule has 0 aromatic carbocycles. The van der Waals surface area contributed by atoms with Crippen molar-refractivity contribution < 1.29 is 4.74 Å². The third-order valence-electron chi connectivity index (χ3n) is 4.72. The molecule has 2 aliphatic rings. The summed E-state index contributed by atoms with van der Waals surface area (Å²) < 4.78 is 8.17. The first kappa shape index (κ1) is 14.8. The Morgan fingerprint density at radius 1 is 1.17 bits per heavy atom. The molecule has 2 aromatic rings. The highest BCUT2D eigenvalue weighted by Gasteiger charge is 2.22. The minimum absolute atomic E-state index is 0.655. The second kappa shape index (κ2) is 6.81. The Kier molecular flexibility index (Phi) is 4.39. The van der Waals surface area contributed by atoms with E-state index in [4.69, 9.17) is 4.74 Å². The summed E-state index contributed by atoms with van der Waals surface area (Å²) in [6, 6.07) is 4.20. The highest BCUT2D eigenvalue weighted by atomic mass is 16.5. The molecule has 0 amide bonds. The van der Waals surface area contributed by atoms with E-state index in [-0.39, 0.29) is 0 Å². The van der Waals surface area contributed by atoms with Gasteiger partial charge in [-0.05, 0) is 42.9 Å². The molecular weight excluding hydrogens is 288 g/mol. The SMILES string of the molecule is c1cc(CN2CCCn3cnc(COCC4CC4)c3C2)ccn1. The Bertz CT molecular complexity index is 636. The Morgan fingerprint density at radius 3 is 2.87 bits per heavy atom. The minimum atomic E-state index is 0.655. The van der Waals surface area contributed by atoms with Crippen LogP contribution in [-0.4, -0.2) is 32.6 Å². The molecule has 0 unspecified atom stereocenters. The molecule has 1 aliphatic carbocycles. The summed E-state index contributed by atoms with van der Waals surface area (Å²) >= 11 is 0. The molecular formula is C18H24N4O. The van der Waals surface area contributed by atoms with Crippen LogP contribution in [0.4, 0.5) is 0 Å². The molecule has 0 atom stereocenters. The predicted molar refractivity (Wildman–Crippen MR) is 87.6 cm³/mol. The maximum absolute atomic E-state index is 5.86. The molecule has 1 fully saturated rings. The lowest BCUT2D eigenvalue weighted by molar-refractivity contribution is 0.107. The van der Waals surface area contributed by atoms with Crippen molar-refractivity contribution in [1.82, 2.24) is 19.4 Å². The lowest BCUT2D eigenvalue weighted by Crippen LogP contribution is -2.23. The fraction of sp³-hybridized carbons (Fsp3) is 0.556. The highest BCUT2D eigenvalue weighted by Crippen LogP contribution is 2.29. The Morgan fingerprint density at radius 2 is 2.04 bits per heavy atom. The summed E-state index contributed by atoms with van der Waals surface area (Å²) in [5.41, 5.74) is 3.76. The Hall–Kier alpha value is -1.72. The van der Waals surface area contributed by atoms with Gasteiger partial charge in [0.15, 0.2) is 0 Å². The van der Waals surface area contributed by atoms with Gasteiger partial charge in [0.1, 0.15) is 0 Å². The molecule has 1 aliphatic heterocycles. The zero-order valence-electron chi connectivity index (χ0n) is 13.5. The van der Waals surface area contributed by atoms with Crippen LogP contribution in [-0.2, 0) is 31.0 Å². The van der Waals surface area contributed by atoms with Crippen molar-refractivity contribution >= 4 is 0 Å². The molecule has 5 heteroatoms. The van der Waals surface area contributed by atoms with Crippen molar-refractivity contribution in [3.8, 4) is 0 Å². The zero-order valence-corrected chi connectivity index (χ0v) is 13.5. The van der Waals surface area contributed by atoms with Gasteiger partial charge in [0.25, 0.3) is 0 Å². The average Bonchev–Trinajstić information content (AvgIpc) is 3.35. The first-order valence-electron chi connectivity index (χ1n) is 8.60. The minimum Gasteiger partial charge on any atom is -0.375 e. The first-order valence-corrected chi connectivity index (χ1v) is 8.60. The number of fused-ring (bicyclic) bond motifs is 1. The summed E-state index contributed by atoms with van der Waals surface area (Å²) in [6.45, 7) is 5.64. The van der Waals surface area contributed by atoms with Crippen LogP contribution < -0.4 is 0 Å². The second-order valence-electron chi connectivity index (χ2n) is 6.71. The van der Waals surface area contributed by atoms with Crippen LogP contribution >= 0.6 is 0 Å². The van der Waals surface area contributed by atoms with Crippen LogP contribution in [0.1, 0.15) is 36.2 Å². The van der Waals surface area contributed by atoms with Crippen molar-refractivity contribution in [2.24, 2.45) is 5.92 Å². The standard InChI is InChI=1S/C18H24N4O/c1-8-21(10-15-4-6-19-7-5-15)11-18-17(20-14-22(18)9-1)13-23-12-16-2-3-16/h4-7,14,16H,1-3,8-13H2. The number of rotatable bonds is 6. The van der Waals surface area contributed by atoms with Gasteiger partial charge in [-0.1, -0.05) is 0 Å². The summed E-state index contributed by atoms with van der Waals surface area (Å²) in [5.74, 6) is 0.805. The third kappa shape index (κ3) is 3.79. The van der Waals surface area contributed by atoms with Crippen LogP contribution in [0.15, 0.2) is 30.9 Å². The molecule has 0 radical (unpaired) electrons. The van der Waals surface area contributed by atoms with Gasteiger partial charge in [-0.2, -0.15) is 0 Å². The number of imidazole rings is 1. The first-order chi connectivity index (χ1) is 11.4. The van der Waals surface area contributed by atoms with Gasteiger partial charge < -0.3 is 9.30 Å². The predicted octanol–water partition coefficient (Wildman–Crippen LogP) is 2.61. The summed E-state index contributed by atoms with van der Waals surface area (Å²) in [7, 11) is 0. The van der Waals surface area contributed by atoms with Gasteiger partial charge in [0, 0.05) is 45.2 Å². The molecule has 122 valence electrons. The van der Waals surface area contributed by atoms with E-state index in [1.54, 1.807) is 0 Å². The fourth-order valence-electron chi connectivity index (χ4n) is 3.19. The topological polar surface area (TPSA) is 43.2 Å². The molecule has 23 heavy (non-hydrogen) atoms. The summed E-state index contributed by atoms with van der Waals surface area (Å²) in [6.07, 6.45) is 9.56. The van der Waals surface area contributed by atoms with Crippen molar-refractivity contribution in [2.75, 3.05) is 13.2 Å². The maximum Gasteiger partial charge on any atom is 0.0953 e. The number of nitrogens with zero attached hydrogens (tertiary/aromatic N) is 4. The summed E-state index contributed by atoms with van der Waals surface area (Å²) in [5, 5.41) is 0. The van der Waals surface area contributed by atoms with E-state index in [0.717, 1.165) is 50.8 Å². The lowest BCUT2D eigenvalue weighted by atomic mass is 10.2. The fourth-order valence-corrected chi connectivity index (χ4v) is 3.19. The van der Waals surface area contributed by atoms with Crippen LogP contribution in [0, 0.1) is 5.92 Å². The van der Waals surface area contributed by atoms with Gasteiger partial charge in [0.2, 0.25) is 0 Å². The molecule has 4 rings (SSSR count). The van der Waals surface area contributed by atoms with E-state index in [2.05, 4.69) is 31.6 Å². The maximum atomic E-state index is 5.86. The molecule has 0 saturated heterocycles. The lowest BCUT2D eigenvalue weighted by Gasteiger charge is -2.20. The van der Waals surface area contributed by atoms with Crippen LogP contribution in [0.5, 0.6) is 0 Å². The van der Waals surface area contributed by atoms with Crippen LogP contribution in [0.25, 0.3) is 0 Å². The highest BCUT2D eigenvalue weighted by molar-refractivity contribution is 5.15. The average molecular weight is 312 g/mol. The number of aryl methyl sites for hydroxylation is 1. The van der Waals surface area contributed by atoms with E-state index < -0.39 is 0 Å². The van der Waals surface area contributed by atoms with Gasteiger partial charge in [-0.15, -0.1) is 0 Å². The van der Waals surface area contributed by atoms with E-state index in [0.29, 0.717) is 6.61 Å².